The molecule has 0 saturated carbocycles. The third-order valence-corrected chi connectivity index (χ3v) is 7.71. The lowest BCUT2D eigenvalue weighted by Gasteiger charge is -2.10. The Labute approximate surface area is 256 Å². The summed E-state index contributed by atoms with van der Waals surface area (Å²) in [5, 5.41) is 0.721. The second kappa shape index (κ2) is 11.8. The van der Waals surface area contributed by atoms with E-state index in [2.05, 4.69) is 121 Å². The van der Waals surface area contributed by atoms with E-state index in [1.807, 2.05) is 36.4 Å². The van der Waals surface area contributed by atoms with Crippen LogP contribution < -0.4 is 0 Å². The van der Waals surface area contributed by atoms with Gasteiger partial charge in [-0.2, -0.15) is 0 Å². The summed E-state index contributed by atoms with van der Waals surface area (Å²) in [5.41, 5.74) is 9.63. The van der Waals surface area contributed by atoms with E-state index >= 15 is 0 Å². The molecule has 0 radical (unpaired) electrons. The van der Waals surface area contributed by atoms with E-state index in [0.29, 0.717) is 17.5 Å². The van der Waals surface area contributed by atoms with Gasteiger partial charge in [-0.15, -0.1) is 0 Å². The minimum atomic E-state index is 0.627. The fourth-order valence-electron chi connectivity index (χ4n) is 5.10. The Bertz CT molecular complexity index is 1870. The highest BCUT2D eigenvalue weighted by molar-refractivity contribution is 6.30. The SMILES string of the molecule is Clc1ccc(-c2ccc(-c3nc(-c4ccc(-c5ccccc5)cc4)nc(-c4ccc(-c5ccccc5)cc4)n3)cc2)cc1. The second-order valence-corrected chi connectivity index (χ2v) is 10.7. The topological polar surface area (TPSA) is 38.7 Å². The van der Waals surface area contributed by atoms with Crippen molar-refractivity contribution in [3.05, 3.63) is 163 Å². The quantitative estimate of drug-likeness (QED) is 0.199. The molecule has 6 aromatic carbocycles. The number of aromatic nitrogens is 3. The van der Waals surface area contributed by atoms with Crippen molar-refractivity contribution < 1.29 is 0 Å². The van der Waals surface area contributed by atoms with Crippen molar-refractivity contribution in [2.24, 2.45) is 0 Å². The van der Waals surface area contributed by atoms with Crippen LogP contribution in [0.2, 0.25) is 5.02 Å². The maximum absolute atomic E-state index is 6.09. The minimum Gasteiger partial charge on any atom is -0.208 e. The molecule has 0 saturated heterocycles. The van der Waals surface area contributed by atoms with Gasteiger partial charge in [0, 0.05) is 21.7 Å². The maximum Gasteiger partial charge on any atom is 0.164 e. The third-order valence-electron chi connectivity index (χ3n) is 7.46. The van der Waals surface area contributed by atoms with E-state index in [1.54, 1.807) is 0 Å². The molecule has 7 aromatic rings. The molecule has 0 N–H and O–H groups in total. The van der Waals surface area contributed by atoms with Gasteiger partial charge in [-0.05, 0) is 45.5 Å². The van der Waals surface area contributed by atoms with Crippen LogP contribution in [0.15, 0.2) is 158 Å². The van der Waals surface area contributed by atoms with Gasteiger partial charge in [0.2, 0.25) is 0 Å². The van der Waals surface area contributed by atoms with E-state index in [0.717, 1.165) is 44.0 Å². The zero-order valence-electron chi connectivity index (χ0n) is 23.2. The normalized spacial score (nSPS) is 10.9. The smallest absolute Gasteiger partial charge is 0.164 e. The van der Waals surface area contributed by atoms with Crippen molar-refractivity contribution in [3.8, 4) is 67.5 Å². The largest absolute Gasteiger partial charge is 0.208 e. The molecule has 0 bridgehead atoms. The molecule has 0 aliphatic heterocycles. The van der Waals surface area contributed by atoms with Gasteiger partial charge < -0.3 is 0 Å². The van der Waals surface area contributed by atoms with Gasteiger partial charge in [0.1, 0.15) is 0 Å². The first kappa shape index (κ1) is 26.5. The van der Waals surface area contributed by atoms with Gasteiger partial charge in [-0.3, -0.25) is 0 Å². The number of nitrogens with zero attached hydrogens (tertiary/aromatic N) is 3. The maximum atomic E-state index is 6.09. The fourth-order valence-corrected chi connectivity index (χ4v) is 5.23. The van der Waals surface area contributed by atoms with E-state index < -0.39 is 0 Å². The van der Waals surface area contributed by atoms with Crippen LogP contribution in [-0.2, 0) is 0 Å². The van der Waals surface area contributed by atoms with Crippen LogP contribution in [0, 0.1) is 0 Å². The standard InChI is InChI=1S/C39H26ClN3/c40-36-25-23-32(24-26-36)31-15-21-35(22-16-31)39-42-37(33-17-11-29(12-18-33)27-7-3-1-4-8-27)41-38(43-39)34-19-13-30(14-20-34)28-9-5-2-6-10-28/h1-26H. The van der Waals surface area contributed by atoms with Gasteiger partial charge in [-0.1, -0.05) is 157 Å². The van der Waals surface area contributed by atoms with Crippen LogP contribution in [0.5, 0.6) is 0 Å². The Kier molecular flexibility index (Phi) is 7.31. The Morgan fingerprint density at radius 3 is 0.791 bits per heavy atom. The molecule has 0 aliphatic rings. The number of rotatable bonds is 6. The van der Waals surface area contributed by atoms with Crippen LogP contribution in [-0.4, -0.2) is 15.0 Å². The summed E-state index contributed by atoms with van der Waals surface area (Å²) in [6.07, 6.45) is 0. The Balaban J connectivity index is 1.28. The van der Waals surface area contributed by atoms with Crippen molar-refractivity contribution in [2.45, 2.75) is 0 Å². The molecule has 0 aliphatic carbocycles. The van der Waals surface area contributed by atoms with E-state index in [4.69, 9.17) is 26.6 Å². The van der Waals surface area contributed by atoms with Crippen LogP contribution in [0.1, 0.15) is 0 Å². The molecule has 0 fully saturated rings. The average molecular weight is 572 g/mol. The molecule has 204 valence electrons. The van der Waals surface area contributed by atoms with Gasteiger partial charge in [0.25, 0.3) is 0 Å². The predicted molar refractivity (Wildman–Crippen MR) is 177 cm³/mol. The molecular formula is C39H26ClN3. The average Bonchev–Trinajstić information content (AvgIpc) is 3.09. The van der Waals surface area contributed by atoms with Crippen molar-refractivity contribution in [2.75, 3.05) is 0 Å². The van der Waals surface area contributed by atoms with Crippen molar-refractivity contribution in [1.82, 2.24) is 15.0 Å². The summed E-state index contributed by atoms with van der Waals surface area (Å²) in [6, 6.07) is 53.6. The lowest BCUT2D eigenvalue weighted by atomic mass is 10.0. The van der Waals surface area contributed by atoms with Crippen molar-refractivity contribution in [1.29, 1.82) is 0 Å². The highest BCUT2D eigenvalue weighted by atomic mass is 35.5. The zero-order chi connectivity index (χ0) is 29.0. The summed E-state index contributed by atoms with van der Waals surface area (Å²) in [5.74, 6) is 1.89. The predicted octanol–water partition coefficient (Wildman–Crippen LogP) is 10.5. The lowest BCUT2D eigenvalue weighted by molar-refractivity contribution is 1.07. The molecule has 0 amide bonds. The zero-order valence-corrected chi connectivity index (χ0v) is 24.0. The van der Waals surface area contributed by atoms with Crippen LogP contribution in [0.4, 0.5) is 0 Å². The van der Waals surface area contributed by atoms with E-state index in [-0.39, 0.29) is 0 Å². The Morgan fingerprint density at radius 1 is 0.256 bits per heavy atom. The van der Waals surface area contributed by atoms with Gasteiger partial charge in [0.15, 0.2) is 17.5 Å². The van der Waals surface area contributed by atoms with Gasteiger partial charge >= 0.3 is 0 Å². The molecule has 0 spiro atoms. The number of halogens is 1. The highest BCUT2D eigenvalue weighted by Crippen LogP contribution is 2.30. The van der Waals surface area contributed by atoms with Crippen LogP contribution in [0.25, 0.3) is 67.5 Å². The van der Waals surface area contributed by atoms with Gasteiger partial charge in [0.05, 0.1) is 0 Å². The number of hydrogen-bond acceptors (Lipinski definition) is 3. The van der Waals surface area contributed by atoms with Crippen molar-refractivity contribution in [3.63, 3.8) is 0 Å². The van der Waals surface area contributed by atoms with Gasteiger partial charge in [-0.25, -0.2) is 15.0 Å². The summed E-state index contributed by atoms with van der Waals surface area (Å²) in [6.45, 7) is 0. The number of hydrogen-bond donors (Lipinski definition) is 0. The molecular weight excluding hydrogens is 546 g/mol. The molecule has 0 unspecified atom stereocenters. The molecule has 3 nitrogen and oxygen atoms in total. The summed E-state index contributed by atoms with van der Waals surface area (Å²) < 4.78 is 0. The monoisotopic (exact) mass is 571 g/mol. The van der Waals surface area contributed by atoms with E-state index in [1.165, 1.54) is 11.1 Å². The molecule has 1 aromatic heterocycles. The second-order valence-electron chi connectivity index (χ2n) is 10.3. The summed E-state index contributed by atoms with van der Waals surface area (Å²) in [4.78, 5) is 14.8. The summed E-state index contributed by atoms with van der Waals surface area (Å²) >= 11 is 6.09. The van der Waals surface area contributed by atoms with Crippen LogP contribution >= 0.6 is 11.6 Å². The molecule has 4 heteroatoms. The highest BCUT2D eigenvalue weighted by Gasteiger charge is 2.13. The molecule has 0 atom stereocenters. The fraction of sp³-hybridized carbons (Fsp3) is 0. The first-order valence-electron chi connectivity index (χ1n) is 14.1. The number of benzene rings is 6. The third kappa shape index (κ3) is 5.85. The molecule has 7 rings (SSSR count). The Morgan fingerprint density at radius 2 is 0.488 bits per heavy atom. The molecule has 43 heavy (non-hydrogen) atoms. The first-order chi connectivity index (χ1) is 21.2. The van der Waals surface area contributed by atoms with Crippen molar-refractivity contribution >= 4 is 11.6 Å². The summed E-state index contributed by atoms with van der Waals surface area (Å²) in [7, 11) is 0. The van der Waals surface area contributed by atoms with E-state index in [9.17, 15) is 0 Å². The van der Waals surface area contributed by atoms with Crippen LogP contribution in [0.3, 0.4) is 0 Å². The molecule has 1 heterocycles. The minimum absolute atomic E-state index is 0.627. The lowest BCUT2D eigenvalue weighted by Crippen LogP contribution is -2.00. The first-order valence-corrected chi connectivity index (χ1v) is 14.5. The Hall–Kier alpha value is -5.38.